The van der Waals surface area contributed by atoms with E-state index in [2.05, 4.69) is 37.9 Å². The second kappa shape index (κ2) is 0.989. The van der Waals surface area contributed by atoms with E-state index in [0.29, 0.717) is 0 Å². The van der Waals surface area contributed by atoms with Gasteiger partial charge in [-0.3, -0.25) is 0 Å². The highest BCUT2D eigenvalue weighted by atomic mass is 33.7. The van der Waals surface area contributed by atoms with Gasteiger partial charge in [-0.05, 0) is 6.26 Å². The summed E-state index contributed by atoms with van der Waals surface area (Å²) in [4.78, 5) is 0. The third kappa shape index (κ3) is 0.363. The molecule has 0 aromatic carbocycles. The molecule has 0 spiro atoms. The van der Waals surface area contributed by atoms with Gasteiger partial charge in [0.2, 0.25) is 0 Å². The van der Waals surface area contributed by atoms with Gasteiger partial charge in [-0.1, -0.05) is 28.0 Å². The summed E-state index contributed by atoms with van der Waals surface area (Å²) in [5, 5.41) is 0. The van der Waals surface area contributed by atoms with Crippen LogP contribution < -0.4 is 0 Å². The fraction of sp³-hybridized carbons (Fsp3) is 1.00. The molecule has 3 rings (SSSR count). The van der Waals surface area contributed by atoms with Crippen LogP contribution in [0, 0.1) is 0 Å². The van der Waals surface area contributed by atoms with E-state index in [0.717, 1.165) is 3.91 Å². The summed E-state index contributed by atoms with van der Waals surface area (Å²) in [5.41, 5.74) is 0. The SMILES string of the molecule is CS12#SC(S1)S2. The molecule has 0 nitrogen and oxygen atoms in total. The van der Waals surface area contributed by atoms with E-state index in [4.69, 9.17) is 0 Å². The summed E-state index contributed by atoms with van der Waals surface area (Å²) in [6, 6.07) is 0. The lowest BCUT2D eigenvalue weighted by Crippen LogP contribution is -2.04. The Morgan fingerprint density at radius 2 is 1.83 bits per heavy atom. The first-order valence-corrected chi connectivity index (χ1v) is 7.85. The van der Waals surface area contributed by atoms with Crippen molar-refractivity contribution in [3.63, 3.8) is 0 Å². The molecule has 1 fully saturated rings. The molecule has 2 bridgehead atoms. The van der Waals surface area contributed by atoms with Crippen molar-refractivity contribution in [3.8, 4) is 0 Å². The van der Waals surface area contributed by atoms with E-state index in [-0.39, 0.29) is 6.43 Å². The number of rotatable bonds is 0. The van der Waals surface area contributed by atoms with Gasteiger partial charge < -0.3 is 0 Å². The molecule has 36 valence electrons. The molecule has 0 radical (unpaired) electrons. The van der Waals surface area contributed by atoms with Crippen LogP contribution in [0.3, 0.4) is 0 Å². The van der Waals surface area contributed by atoms with Crippen molar-refractivity contribution in [2.75, 3.05) is 6.26 Å². The van der Waals surface area contributed by atoms with E-state index in [1.54, 1.807) is 0 Å². The summed E-state index contributed by atoms with van der Waals surface area (Å²) >= 11 is 0. The quantitative estimate of drug-likeness (QED) is 0.495. The molecule has 0 aliphatic carbocycles. The second-order valence-corrected chi connectivity index (χ2v) is 15.2. The lowest BCUT2D eigenvalue weighted by atomic mass is 11.9. The van der Waals surface area contributed by atoms with Gasteiger partial charge in [-0.25, -0.2) is 0 Å². The van der Waals surface area contributed by atoms with Crippen molar-refractivity contribution in [1.29, 1.82) is 0 Å². The first kappa shape index (κ1) is 4.18. The lowest BCUT2D eigenvalue weighted by Gasteiger charge is -2.42. The zero-order valence-electron chi connectivity index (χ0n) is 3.21. The Morgan fingerprint density at radius 1 is 1.50 bits per heavy atom. The molecule has 0 aromatic rings. The first-order chi connectivity index (χ1) is 2.79. The van der Waals surface area contributed by atoms with Crippen LogP contribution in [0.25, 0.3) is 0 Å². The smallest absolute Gasteiger partial charge is 0.114 e. The van der Waals surface area contributed by atoms with Crippen LogP contribution in [0.4, 0.5) is 0 Å². The Hall–Kier alpha value is 1.27. The second-order valence-electron chi connectivity index (χ2n) is 1.28. The van der Waals surface area contributed by atoms with Crippen LogP contribution >= 0.6 is 38.1 Å². The molecular formula is C2H4S4. The largest absolute Gasteiger partial charge is 0.139 e. The molecule has 1 saturated heterocycles. The van der Waals surface area contributed by atoms with Crippen molar-refractivity contribution >= 4 is 38.1 Å². The van der Waals surface area contributed by atoms with E-state index in [1.165, 1.54) is 0 Å². The molecule has 3 aliphatic rings. The summed E-state index contributed by atoms with van der Waals surface area (Å²) < 4.78 is 0.963. The van der Waals surface area contributed by atoms with Crippen molar-refractivity contribution in [3.05, 3.63) is 0 Å². The van der Waals surface area contributed by atoms with Crippen molar-refractivity contribution in [1.82, 2.24) is 0 Å². The molecule has 6 heavy (non-hydrogen) atoms. The van der Waals surface area contributed by atoms with Gasteiger partial charge in [0.1, 0.15) is 3.91 Å². The van der Waals surface area contributed by atoms with Gasteiger partial charge in [0.15, 0.2) is 0 Å². The summed E-state index contributed by atoms with van der Waals surface area (Å²) in [7, 11) is 6.51. The third-order valence-corrected chi connectivity index (χ3v) is 15.3. The zero-order chi connectivity index (χ0) is 4.20. The van der Waals surface area contributed by atoms with E-state index < -0.39 is 0 Å². The topological polar surface area (TPSA) is 0 Å². The minimum Gasteiger partial charge on any atom is -0.114 e. The Kier molecular flexibility index (Phi) is 0.689. The number of hydrogen-bond donors (Lipinski definition) is 0. The molecular weight excluding hydrogens is 152 g/mol. The molecule has 0 unspecified atom stereocenters. The van der Waals surface area contributed by atoms with Crippen LogP contribution in [0.1, 0.15) is 0 Å². The van der Waals surface area contributed by atoms with Gasteiger partial charge in [-0.2, -0.15) is 0 Å². The first-order valence-electron chi connectivity index (χ1n) is 1.62. The van der Waals surface area contributed by atoms with Crippen LogP contribution in [0.2, 0.25) is 0 Å². The summed E-state index contributed by atoms with van der Waals surface area (Å²) in [5.74, 6) is 0. The van der Waals surface area contributed by atoms with Gasteiger partial charge in [0.05, 0.1) is 0 Å². The minimum atomic E-state index is -0.0880. The Labute approximate surface area is 48.3 Å². The highest BCUT2D eigenvalue weighted by molar-refractivity contribution is 9.42. The Balaban J connectivity index is 2.69. The predicted octanol–water partition coefficient (Wildman–Crippen LogP) is 2.68. The van der Waals surface area contributed by atoms with E-state index >= 15 is 0 Å². The normalized spacial score (nSPS) is 61.2. The van der Waals surface area contributed by atoms with Crippen molar-refractivity contribution < 1.29 is 0 Å². The fourth-order valence-corrected chi connectivity index (χ4v) is 17.3. The van der Waals surface area contributed by atoms with E-state index in [1.807, 2.05) is 0 Å². The maximum Gasteiger partial charge on any atom is 0.139 e. The number of hydrogen-bond acceptors (Lipinski definition) is 2. The van der Waals surface area contributed by atoms with Crippen molar-refractivity contribution in [2.24, 2.45) is 0 Å². The van der Waals surface area contributed by atoms with E-state index in [9.17, 15) is 0 Å². The third-order valence-electron chi connectivity index (χ3n) is 0.760. The van der Waals surface area contributed by atoms with Gasteiger partial charge in [0.25, 0.3) is 0 Å². The average molecular weight is 156 g/mol. The summed E-state index contributed by atoms with van der Waals surface area (Å²) in [6.07, 6.45) is 2.28. The maximum absolute atomic E-state index is 2.37. The van der Waals surface area contributed by atoms with Gasteiger partial charge in [-0.15, -0.1) is 10.1 Å². The highest BCUT2D eigenvalue weighted by Crippen LogP contribution is 2.85. The Bertz CT molecular complexity index is 178. The van der Waals surface area contributed by atoms with Crippen LogP contribution in [0.5, 0.6) is 0 Å². The molecule has 3 aliphatic heterocycles. The molecule has 0 saturated carbocycles. The van der Waals surface area contributed by atoms with Gasteiger partial charge >= 0.3 is 0 Å². The molecule has 3 heterocycles. The molecule has 0 amide bonds. The van der Waals surface area contributed by atoms with Crippen LogP contribution in [-0.4, -0.2) is 10.2 Å². The van der Waals surface area contributed by atoms with Gasteiger partial charge in [0, 0.05) is 0 Å². The highest BCUT2D eigenvalue weighted by Gasteiger charge is 2.38. The lowest BCUT2D eigenvalue weighted by molar-refractivity contribution is 2.12. The van der Waals surface area contributed by atoms with Crippen LogP contribution in [-0.2, 0) is 0 Å². The zero-order valence-corrected chi connectivity index (χ0v) is 6.48. The molecule has 0 aromatic heterocycles. The Morgan fingerprint density at radius 3 is 1.83 bits per heavy atom. The predicted molar refractivity (Wildman–Crippen MR) is 40.1 cm³/mol. The molecule has 0 atom stereocenters. The monoisotopic (exact) mass is 156 g/mol. The molecule has 4 heteroatoms. The fourth-order valence-electron chi connectivity index (χ4n) is 0.450. The standard InChI is InChI=1S/C2H4S4/c1-6-3-2(4-6)5-6/h2H,1H3. The average Bonchev–Trinajstić information content (AvgIpc) is 1.24. The van der Waals surface area contributed by atoms with Crippen LogP contribution in [0.15, 0.2) is 0 Å². The van der Waals surface area contributed by atoms with Crippen molar-refractivity contribution in [2.45, 2.75) is 3.91 Å². The molecule has 0 N–H and O–H groups in total. The maximum atomic E-state index is 2.37. The minimum absolute atomic E-state index is 0.0880. The summed E-state index contributed by atoms with van der Waals surface area (Å²) in [6.45, 7) is 0.